The van der Waals surface area contributed by atoms with Crippen molar-refractivity contribution in [3.8, 4) is 0 Å². The van der Waals surface area contributed by atoms with Crippen molar-refractivity contribution in [1.82, 2.24) is 10.2 Å². The summed E-state index contributed by atoms with van der Waals surface area (Å²) in [5, 5.41) is 2.13. The summed E-state index contributed by atoms with van der Waals surface area (Å²) >= 11 is 0. The van der Waals surface area contributed by atoms with Crippen molar-refractivity contribution in [1.29, 1.82) is 0 Å². The minimum absolute atomic E-state index is 0.0446. The van der Waals surface area contributed by atoms with Gasteiger partial charge < -0.3 is 5.32 Å². The van der Waals surface area contributed by atoms with Crippen LogP contribution in [0.1, 0.15) is 19.8 Å². The Balaban J connectivity index is 2.80. The summed E-state index contributed by atoms with van der Waals surface area (Å²) in [6.07, 6.45) is -10.5. The molecular weight excluding hydrogens is 290 g/mol. The molecule has 9 heteroatoms. The summed E-state index contributed by atoms with van der Waals surface area (Å²) < 4.78 is 76.0. The molecule has 0 aromatic heterocycles. The molecule has 1 saturated heterocycles. The molecule has 1 heterocycles. The van der Waals surface area contributed by atoms with Crippen LogP contribution in [0.2, 0.25) is 0 Å². The second-order valence-electron chi connectivity index (χ2n) is 4.83. The predicted molar refractivity (Wildman–Crippen MR) is 58.9 cm³/mol. The van der Waals surface area contributed by atoms with Crippen molar-refractivity contribution >= 4 is 5.91 Å². The van der Waals surface area contributed by atoms with E-state index in [2.05, 4.69) is 5.32 Å². The molecule has 1 amide bonds. The third-order valence-corrected chi connectivity index (χ3v) is 3.43. The van der Waals surface area contributed by atoms with Gasteiger partial charge in [0.1, 0.15) is 5.41 Å². The molecule has 0 saturated carbocycles. The molecule has 118 valence electrons. The van der Waals surface area contributed by atoms with Gasteiger partial charge in [0.25, 0.3) is 0 Å². The van der Waals surface area contributed by atoms with Crippen LogP contribution in [-0.4, -0.2) is 49.3 Å². The zero-order valence-corrected chi connectivity index (χ0v) is 10.9. The predicted octanol–water partition coefficient (Wildman–Crippen LogP) is 2.33. The maximum atomic E-state index is 13.1. The van der Waals surface area contributed by atoms with Crippen LogP contribution in [0.15, 0.2) is 0 Å². The van der Waals surface area contributed by atoms with E-state index in [4.69, 9.17) is 0 Å². The fraction of sp³-hybridized carbons (Fsp3) is 0.909. The number of hydrogen-bond acceptors (Lipinski definition) is 2. The first-order valence-corrected chi connectivity index (χ1v) is 6.16. The monoisotopic (exact) mass is 306 g/mol. The maximum Gasteiger partial charge on any atom is 0.403 e. The number of likely N-dealkylation sites (tertiary alicyclic amines) is 1. The number of nitrogens with zero attached hydrogens (tertiary/aromatic N) is 1. The van der Waals surface area contributed by atoms with Crippen molar-refractivity contribution < 1.29 is 31.1 Å². The van der Waals surface area contributed by atoms with Crippen LogP contribution in [0.3, 0.4) is 0 Å². The first-order chi connectivity index (χ1) is 9.02. The summed E-state index contributed by atoms with van der Waals surface area (Å²) in [6, 6.07) is 0. The van der Waals surface area contributed by atoms with Crippen LogP contribution in [-0.2, 0) is 4.79 Å². The number of nitrogens with one attached hydrogen (secondary N) is 1. The Bertz CT molecular complexity index is 344. The van der Waals surface area contributed by atoms with Gasteiger partial charge in [-0.2, -0.15) is 26.3 Å². The molecular formula is C11H16F6N2O. The van der Waals surface area contributed by atoms with E-state index in [1.165, 1.54) is 6.92 Å². The third kappa shape index (κ3) is 3.77. The zero-order chi connectivity index (χ0) is 15.6. The number of halogens is 6. The van der Waals surface area contributed by atoms with Crippen molar-refractivity contribution in [3.63, 3.8) is 0 Å². The molecule has 0 bridgehead atoms. The van der Waals surface area contributed by atoms with Gasteiger partial charge in [0.05, 0.1) is 6.54 Å². The van der Waals surface area contributed by atoms with E-state index >= 15 is 0 Å². The van der Waals surface area contributed by atoms with Crippen LogP contribution >= 0.6 is 0 Å². The Hall–Kier alpha value is -0.990. The number of amides is 1. The fourth-order valence-electron chi connectivity index (χ4n) is 2.32. The van der Waals surface area contributed by atoms with Gasteiger partial charge in [0.2, 0.25) is 5.91 Å². The molecule has 0 spiro atoms. The lowest BCUT2D eigenvalue weighted by Crippen LogP contribution is -2.57. The van der Waals surface area contributed by atoms with Gasteiger partial charge >= 0.3 is 12.4 Å². The lowest BCUT2D eigenvalue weighted by Gasteiger charge is -2.41. The van der Waals surface area contributed by atoms with Crippen LogP contribution in [0, 0.1) is 5.41 Å². The Morgan fingerprint density at radius 3 is 2.00 bits per heavy atom. The molecule has 1 aliphatic rings. The molecule has 1 N–H and O–H groups in total. The van der Waals surface area contributed by atoms with Crippen molar-refractivity contribution in [2.45, 2.75) is 32.1 Å². The van der Waals surface area contributed by atoms with Gasteiger partial charge in [0.15, 0.2) is 0 Å². The Kier molecular flexibility index (Phi) is 4.94. The number of hydrogen-bond donors (Lipinski definition) is 1. The highest BCUT2D eigenvalue weighted by molar-refractivity contribution is 5.83. The molecule has 0 aliphatic carbocycles. The molecule has 1 fully saturated rings. The number of piperidine rings is 1. The molecule has 1 rings (SSSR count). The molecule has 20 heavy (non-hydrogen) atoms. The summed E-state index contributed by atoms with van der Waals surface area (Å²) in [7, 11) is 0. The normalized spacial score (nSPS) is 20.8. The van der Waals surface area contributed by atoms with Crippen LogP contribution in [0.25, 0.3) is 0 Å². The average molecular weight is 306 g/mol. The second kappa shape index (κ2) is 5.79. The Labute approximate surface area is 112 Å². The summed E-state index contributed by atoms with van der Waals surface area (Å²) in [4.78, 5) is 12.6. The average Bonchev–Trinajstić information content (AvgIpc) is 2.26. The highest BCUT2D eigenvalue weighted by Gasteiger charge is 2.60. The van der Waals surface area contributed by atoms with Gasteiger partial charge in [-0.15, -0.1) is 0 Å². The minimum Gasteiger partial charge on any atom is -0.356 e. The molecule has 3 nitrogen and oxygen atoms in total. The third-order valence-electron chi connectivity index (χ3n) is 3.43. The molecule has 0 radical (unpaired) electrons. The maximum absolute atomic E-state index is 13.1. The van der Waals surface area contributed by atoms with E-state index in [-0.39, 0.29) is 6.54 Å². The van der Waals surface area contributed by atoms with Gasteiger partial charge in [-0.25, -0.2) is 0 Å². The highest BCUT2D eigenvalue weighted by atomic mass is 19.4. The van der Waals surface area contributed by atoms with Crippen molar-refractivity contribution in [2.75, 3.05) is 26.2 Å². The minimum atomic E-state index is -4.77. The summed E-state index contributed by atoms with van der Waals surface area (Å²) in [5.41, 5.74) is -2.58. The number of carbonyl (C=O) groups excluding carboxylic acids is 1. The first-order valence-electron chi connectivity index (χ1n) is 6.16. The van der Waals surface area contributed by atoms with E-state index in [0.717, 1.165) is 4.90 Å². The molecule has 0 unspecified atom stereocenters. The molecule has 1 aliphatic heterocycles. The van der Waals surface area contributed by atoms with Gasteiger partial charge in [-0.05, 0) is 32.9 Å². The molecule has 0 atom stereocenters. The van der Waals surface area contributed by atoms with Crippen LogP contribution < -0.4 is 5.32 Å². The second-order valence-corrected chi connectivity index (χ2v) is 4.83. The smallest absolute Gasteiger partial charge is 0.356 e. The van der Waals surface area contributed by atoms with E-state index in [9.17, 15) is 31.1 Å². The highest BCUT2D eigenvalue weighted by Crippen LogP contribution is 2.46. The van der Waals surface area contributed by atoms with Gasteiger partial charge in [0, 0.05) is 6.54 Å². The number of carbonyl (C=O) groups is 1. The lowest BCUT2D eigenvalue weighted by molar-refractivity contribution is -0.235. The fourth-order valence-corrected chi connectivity index (χ4v) is 2.32. The molecule has 0 aromatic carbocycles. The van der Waals surface area contributed by atoms with Crippen LogP contribution in [0.4, 0.5) is 26.3 Å². The Morgan fingerprint density at radius 1 is 1.15 bits per heavy atom. The number of alkyl halides is 6. The van der Waals surface area contributed by atoms with Gasteiger partial charge in [-0.3, -0.25) is 9.69 Å². The summed E-state index contributed by atoms with van der Waals surface area (Å²) in [6.45, 7) is -0.535. The standard InChI is InChI=1S/C11H16F6N2O/c1-2-18-8(20)9(11(15,16)17)3-5-19(6-4-9)7-10(12,13)14/h2-7H2,1H3,(H,18,20). The van der Waals surface area contributed by atoms with Crippen LogP contribution in [0.5, 0.6) is 0 Å². The topological polar surface area (TPSA) is 32.3 Å². The number of rotatable bonds is 3. The quantitative estimate of drug-likeness (QED) is 0.812. The van der Waals surface area contributed by atoms with E-state index in [1.54, 1.807) is 0 Å². The zero-order valence-electron chi connectivity index (χ0n) is 10.9. The first kappa shape index (κ1) is 17.1. The van der Waals surface area contributed by atoms with Crippen molar-refractivity contribution in [3.05, 3.63) is 0 Å². The van der Waals surface area contributed by atoms with Crippen molar-refractivity contribution in [2.24, 2.45) is 5.41 Å². The summed E-state index contributed by atoms with van der Waals surface area (Å²) in [5.74, 6) is -1.15. The Morgan fingerprint density at radius 2 is 1.65 bits per heavy atom. The van der Waals surface area contributed by atoms with Gasteiger partial charge in [-0.1, -0.05) is 0 Å². The lowest BCUT2D eigenvalue weighted by atomic mass is 9.76. The van der Waals surface area contributed by atoms with E-state index < -0.39 is 56.2 Å². The largest absolute Gasteiger partial charge is 0.403 e. The molecule has 0 aromatic rings. The van der Waals surface area contributed by atoms with E-state index in [0.29, 0.717) is 0 Å². The SMILES string of the molecule is CCNC(=O)C1(C(F)(F)F)CCN(CC(F)(F)F)CC1. The van der Waals surface area contributed by atoms with E-state index in [1.807, 2.05) is 0 Å².